The van der Waals surface area contributed by atoms with Gasteiger partial charge in [0.05, 0.1) is 4.83 Å². The fraction of sp³-hybridized carbons (Fsp3) is 0.900. The number of carbonyl (C=O) groups is 1. The lowest BCUT2D eigenvalue weighted by molar-refractivity contribution is -0.130. The highest BCUT2D eigenvalue weighted by Crippen LogP contribution is 2.18. The van der Waals surface area contributed by atoms with Crippen LogP contribution < -0.4 is 0 Å². The SMILES string of the molecule is CC(C)C(Br)C(=O)N1CCCSCC1. The highest BCUT2D eigenvalue weighted by molar-refractivity contribution is 9.10. The standard InChI is InChI=1S/C10H18BrNOS/c1-8(2)9(11)10(13)12-4-3-6-14-7-5-12/h8-9H,3-7H2,1-2H3. The summed E-state index contributed by atoms with van der Waals surface area (Å²) in [5.41, 5.74) is 0. The molecule has 0 N–H and O–H groups in total. The van der Waals surface area contributed by atoms with E-state index in [0.29, 0.717) is 5.92 Å². The molecule has 14 heavy (non-hydrogen) atoms. The van der Waals surface area contributed by atoms with Crippen LogP contribution in [-0.4, -0.2) is 40.2 Å². The van der Waals surface area contributed by atoms with Gasteiger partial charge in [-0.25, -0.2) is 0 Å². The first kappa shape index (κ1) is 12.4. The van der Waals surface area contributed by atoms with Gasteiger partial charge in [0.15, 0.2) is 0 Å². The molecule has 1 saturated heterocycles. The molecule has 0 aliphatic carbocycles. The molecular formula is C10H18BrNOS. The van der Waals surface area contributed by atoms with Crippen LogP contribution in [0.15, 0.2) is 0 Å². The van der Waals surface area contributed by atoms with Crippen LogP contribution in [0.2, 0.25) is 0 Å². The molecule has 1 atom stereocenters. The van der Waals surface area contributed by atoms with Gasteiger partial charge in [0, 0.05) is 18.8 Å². The highest BCUT2D eigenvalue weighted by Gasteiger charge is 2.24. The molecule has 0 spiro atoms. The number of halogens is 1. The second-order valence-corrected chi connectivity index (χ2v) is 6.15. The van der Waals surface area contributed by atoms with Gasteiger partial charge in [-0.1, -0.05) is 29.8 Å². The van der Waals surface area contributed by atoms with Gasteiger partial charge in [-0.3, -0.25) is 4.79 Å². The fourth-order valence-corrected chi connectivity index (χ4v) is 2.60. The number of hydrogen-bond acceptors (Lipinski definition) is 2. The fourth-order valence-electron chi connectivity index (χ4n) is 1.43. The van der Waals surface area contributed by atoms with Crippen LogP contribution in [0.5, 0.6) is 0 Å². The van der Waals surface area contributed by atoms with Crippen molar-refractivity contribution in [1.82, 2.24) is 4.90 Å². The van der Waals surface area contributed by atoms with Crippen LogP contribution in [0.3, 0.4) is 0 Å². The smallest absolute Gasteiger partial charge is 0.236 e. The van der Waals surface area contributed by atoms with E-state index in [1.807, 2.05) is 16.7 Å². The molecule has 82 valence electrons. The van der Waals surface area contributed by atoms with Gasteiger partial charge in [-0.2, -0.15) is 11.8 Å². The zero-order chi connectivity index (χ0) is 10.6. The lowest BCUT2D eigenvalue weighted by Gasteiger charge is -2.24. The zero-order valence-corrected chi connectivity index (χ0v) is 11.2. The molecular weight excluding hydrogens is 262 g/mol. The molecule has 1 aliphatic rings. The van der Waals surface area contributed by atoms with E-state index in [2.05, 4.69) is 29.8 Å². The molecule has 1 amide bonds. The van der Waals surface area contributed by atoms with Crippen LogP contribution in [0.1, 0.15) is 20.3 Å². The Balaban J connectivity index is 2.49. The van der Waals surface area contributed by atoms with Crippen LogP contribution in [0.4, 0.5) is 0 Å². The second kappa shape index (κ2) is 6.01. The van der Waals surface area contributed by atoms with Gasteiger partial charge < -0.3 is 4.90 Å². The Kier molecular flexibility index (Phi) is 5.31. The van der Waals surface area contributed by atoms with Gasteiger partial charge in [0.1, 0.15) is 0 Å². The average molecular weight is 280 g/mol. The zero-order valence-electron chi connectivity index (χ0n) is 8.83. The molecule has 0 radical (unpaired) electrons. The van der Waals surface area contributed by atoms with E-state index < -0.39 is 0 Å². The summed E-state index contributed by atoms with van der Waals surface area (Å²) in [5.74, 6) is 2.92. The van der Waals surface area contributed by atoms with Crippen molar-refractivity contribution in [2.75, 3.05) is 24.6 Å². The van der Waals surface area contributed by atoms with Crippen LogP contribution in [0, 0.1) is 5.92 Å². The number of thioether (sulfide) groups is 1. The summed E-state index contributed by atoms with van der Waals surface area (Å²) in [4.78, 5) is 14.0. The first-order valence-corrected chi connectivity index (χ1v) is 7.20. The number of nitrogens with zero attached hydrogens (tertiary/aromatic N) is 1. The van der Waals surface area contributed by atoms with Crippen molar-refractivity contribution >= 4 is 33.6 Å². The predicted molar refractivity (Wildman–Crippen MR) is 66.1 cm³/mol. The minimum Gasteiger partial charge on any atom is -0.341 e. The molecule has 1 rings (SSSR count). The molecule has 4 heteroatoms. The first-order valence-electron chi connectivity index (χ1n) is 5.13. The van der Waals surface area contributed by atoms with Crippen molar-refractivity contribution < 1.29 is 4.79 Å². The Morgan fingerprint density at radius 1 is 1.36 bits per heavy atom. The predicted octanol–water partition coefficient (Wildman–Crippen LogP) is 2.37. The molecule has 0 aromatic carbocycles. The van der Waals surface area contributed by atoms with E-state index in [-0.39, 0.29) is 10.7 Å². The second-order valence-electron chi connectivity index (χ2n) is 3.94. The molecule has 0 bridgehead atoms. The first-order chi connectivity index (χ1) is 6.63. The van der Waals surface area contributed by atoms with Gasteiger partial charge in [0.2, 0.25) is 5.91 Å². The van der Waals surface area contributed by atoms with Crippen LogP contribution in [0.25, 0.3) is 0 Å². The summed E-state index contributed by atoms with van der Waals surface area (Å²) in [6, 6.07) is 0. The van der Waals surface area contributed by atoms with Crippen molar-refractivity contribution in [2.24, 2.45) is 5.92 Å². The number of carbonyl (C=O) groups excluding carboxylic acids is 1. The minimum atomic E-state index is -0.00870. The molecule has 2 nitrogen and oxygen atoms in total. The Morgan fingerprint density at radius 2 is 2.07 bits per heavy atom. The Hall–Kier alpha value is 0.300. The van der Waals surface area contributed by atoms with E-state index in [1.54, 1.807) is 0 Å². The number of hydrogen-bond donors (Lipinski definition) is 0. The Bertz CT molecular complexity index is 191. The summed E-state index contributed by atoms with van der Waals surface area (Å²) in [6.45, 7) is 5.99. The number of rotatable bonds is 2. The molecule has 0 saturated carbocycles. The largest absolute Gasteiger partial charge is 0.341 e. The molecule has 1 heterocycles. The van der Waals surface area contributed by atoms with Crippen LogP contribution >= 0.6 is 27.7 Å². The normalized spacial score (nSPS) is 20.7. The quantitative estimate of drug-likeness (QED) is 0.724. The maximum atomic E-state index is 12.0. The topological polar surface area (TPSA) is 20.3 Å². The van der Waals surface area contributed by atoms with Gasteiger partial charge in [-0.15, -0.1) is 0 Å². The number of alkyl halides is 1. The monoisotopic (exact) mass is 279 g/mol. The third-order valence-corrected chi connectivity index (χ3v) is 4.85. The van der Waals surface area contributed by atoms with Crippen molar-refractivity contribution in [3.63, 3.8) is 0 Å². The van der Waals surface area contributed by atoms with Crippen molar-refractivity contribution in [3.05, 3.63) is 0 Å². The summed E-state index contributed by atoms with van der Waals surface area (Å²) >= 11 is 5.42. The van der Waals surface area contributed by atoms with Crippen molar-refractivity contribution in [2.45, 2.75) is 25.1 Å². The summed E-state index contributed by atoms with van der Waals surface area (Å²) in [7, 11) is 0. The average Bonchev–Trinajstić information content (AvgIpc) is 2.43. The lowest BCUT2D eigenvalue weighted by atomic mass is 10.1. The van der Waals surface area contributed by atoms with E-state index in [0.717, 1.165) is 25.3 Å². The minimum absolute atomic E-state index is 0.00870. The third kappa shape index (κ3) is 3.46. The Morgan fingerprint density at radius 3 is 2.71 bits per heavy atom. The Labute approximate surface area is 98.9 Å². The maximum Gasteiger partial charge on any atom is 0.236 e. The lowest BCUT2D eigenvalue weighted by Crippen LogP contribution is -2.39. The van der Waals surface area contributed by atoms with Gasteiger partial charge >= 0.3 is 0 Å². The molecule has 0 aromatic rings. The van der Waals surface area contributed by atoms with E-state index in [1.165, 1.54) is 5.75 Å². The van der Waals surface area contributed by atoms with Crippen LogP contribution in [-0.2, 0) is 4.79 Å². The summed E-state index contributed by atoms with van der Waals surface area (Å²) in [6.07, 6.45) is 1.13. The van der Waals surface area contributed by atoms with Gasteiger partial charge in [-0.05, 0) is 18.1 Å². The van der Waals surface area contributed by atoms with Crippen molar-refractivity contribution in [3.8, 4) is 0 Å². The molecule has 1 unspecified atom stereocenters. The van der Waals surface area contributed by atoms with E-state index in [4.69, 9.17) is 0 Å². The summed E-state index contributed by atoms with van der Waals surface area (Å²) in [5, 5.41) is 0. The summed E-state index contributed by atoms with van der Waals surface area (Å²) < 4.78 is 0. The molecule has 1 fully saturated rings. The van der Waals surface area contributed by atoms with E-state index >= 15 is 0 Å². The maximum absolute atomic E-state index is 12.0. The van der Waals surface area contributed by atoms with Crippen molar-refractivity contribution in [1.29, 1.82) is 0 Å². The highest BCUT2D eigenvalue weighted by atomic mass is 79.9. The van der Waals surface area contributed by atoms with Gasteiger partial charge in [0.25, 0.3) is 0 Å². The van der Waals surface area contributed by atoms with E-state index in [9.17, 15) is 4.79 Å². The molecule has 0 aromatic heterocycles. The third-order valence-electron chi connectivity index (χ3n) is 2.36. The molecule has 1 aliphatic heterocycles. The number of amides is 1.